The van der Waals surface area contributed by atoms with Gasteiger partial charge in [-0.2, -0.15) is 0 Å². The highest BCUT2D eigenvalue weighted by molar-refractivity contribution is 7.89. The molecule has 1 aliphatic rings. The summed E-state index contributed by atoms with van der Waals surface area (Å²) in [6, 6.07) is 19.1. The quantitative estimate of drug-likeness (QED) is 0.386. The summed E-state index contributed by atoms with van der Waals surface area (Å²) < 4.78 is 41.2. The second kappa shape index (κ2) is 11.0. The first kappa shape index (κ1) is 25.5. The van der Waals surface area contributed by atoms with Crippen molar-refractivity contribution in [2.45, 2.75) is 43.2 Å². The second-order valence-electron chi connectivity index (χ2n) is 8.98. The van der Waals surface area contributed by atoms with Crippen molar-refractivity contribution in [3.05, 3.63) is 95.8 Å². The number of carbonyl (C=O) groups is 2. The number of halogens is 1. The Labute approximate surface area is 210 Å². The van der Waals surface area contributed by atoms with E-state index in [1.807, 2.05) is 37.3 Å². The largest absolute Gasteiger partial charge is 0.340 e. The molecule has 0 aromatic heterocycles. The number of anilines is 1. The fourth-order valence-corrected chi connectivity index (χ4v) is 5.17. The molecule has 0 aliphatic heterocycles. The van der Waals surface area contributed by atoms with E-state index < -0.39 is 33.7 Å². The van der Waals surface area contributed by atoms with Crippen molar-refractivity contribution in [1.29, 1.82) is 0 Å². The molecule has 36 heavy (non-hydrogen) atoms. The van der Waals surface area contributed by atoms with Crippen LogP contribution in [0.25, 0.3) is 0 Å². The van der Waals surface area contributed by atoms with Crippen molar-refractivity contribution < 1.29 is 22.4 Å². The SMILES string of the molecule is C[C@H](NS(=O)(=O)c1ccc(NC(=O)[C@H](Cc2ccccc2)NC(=O)c2ccc(F)cc2)cc1)C1CC1. The maximum atomic E-state index is 13.2. The Hall–Kier alpha value is -3.56. The van der Waals surface area contributed by atoms with Gasteiger partial charge in [0.25, 0.3) is 5.91 Å². The van der Waals surface area contributed by atoms with Crippen LogP contribution >= 0.6 is 0 Å². The predicted octanol–water partition coefficient (Wildman–Crippen LogP) is 3.88. The maximum Gasteiger partial charge on any atom is 0.251 e. The van der Waals surface area contributed by atoms with E-state index in [-0.39, 0.29) is 22.9 Å². The summed E-state index contributed by atoms with van der Waals surface area (Å²) in [7, 11) is -3.66. The third-order valence-electron chi connectivity index (χ3n) is 6.11. The Bertz CT molecular complexity index is 1310. The van der Waals surface area contributed by atoms with Crippen LogP contribution in [0.2, 0.25) is 0 Å². The summed E-state index contributed by atoms with van der Waals surface area (Å²) in [6.07, 6.45) is 2.28. The first-order valence-electron chi connectivity index (χ1n) is 11.7. The molecule has 2 atom stereocenters. The van der Waals surface area contributed by atoms with E-state index in [0.717, 1.165) is 18.4 Å². The molecular weight excluding hydrogens is 481 g/mol. The molecule has 0 saturated heterocycles. The van der Waals surface area contributed by atoms with Crippen molar-refractivity contribution in [1.82, 2.24) is 10.0 Å². The molecule has 0 heterocycles. The summed E-state index contributed by atoms with van der Waals surface area (Å²) in [6.45, 7) is 1.86. The molecule has 9 heteroatoms. The molecule has 0 bridgehead atoms. The summed E-state index contributed by atoms with van der Waals surface area (Å²) in [5.41, 5.74) is 1.46. The lowest BCUT2D eigenvalue weighted by Gasteiger charge is -2.19. The molecule has 188 valence electrons. The van der Waals surface area contributed by atoms with Crippen LogP contribution in [0.5, 0.6) is 0 Å². The highest BCUT2D eigenvalue weighted by Crippen LogP contribution is 2.33. The van der Waals surface area contributed by atoms with Gasteiger partial charge in [0.2, 0.25) is 15.9 Å². The van der Waals surface area contributed by atoms with Crippen molar-refractivity contribution in [3.63, 3.8) is 0 Å². The molecule has 0 radical (unpaired) electrons. The Morgan fingerprint density at radius 1 is 0.944 bits per heavy atom. The first-order valence-corrected chi connectivity index (χ1v) is 13.2. The number of rotatable bonds is 10. The average Bonchev–Trinajstić information content (AvgIpc) is 3.70. The molecular formula is C27H28FN3O4S. The third-order valence-corrected chi connectivity index (χ3v) is 7.69. The minimum absolute atomic E-state index is 0.110. The van der Waals surface area contributed by atoms with Gasteiger partial charge in [0, 0.05) is 23.7 Å². The third kappa shape index (κ3) is 6.77. The van der Waals surface area contributed by atoms with Crippen molar-refractivity contribution in [2.75, 3.05) is 5.32 Å². The number of benzene rings is 3. The number of nitrogens with one attached hydrogen (secondary N) is 3. The van der Waals surface area contributed by atoms with E-state index in [0.29, 0.717) is 11.6 Å². The van der Waals surface area contributed by atoms with E-state index in [9.17, 15) is 22.4 Å². The van der Waals surface area contributed by atoms with Crippen LogP contribution in [-0.4, -0.2) is 32.3 Å². The topological polar surface area (TPSA) is 104 Å². The highest BCUT2D eigenvalue weighted by atomic mass is 32.2. The number of hydrogen-bond acceptors (Lipinski definition) is 4. The summed E-state index contributed by atoms with van der Waals surface area (Å²) in [5.74, 6) is -1.06. The zero-order valence-corrected chi connectivity index (χ0v) is 20.6. The minimum atomic E-state index is -3.66. The van der Waals surface area contributed by atoms with Gasteiger partial charge in [-0.15, -0.1) is 0 Å². The zero-order valence-electron chi connectivity index (χ0n) is 19.8. The fourth-order valence-electron chi connectivity index (χ4n) is 3.85. The van der Waals surface area contributed by atoms with Gasteiger partial charge in [-0.25, -0.2) is 17.5 Å². The zero-order chi connectivity index (χ0) is 25.7. The van der Waals surface area contributed by atoms with Crippen molar-refractivity contribution in [2.24, 2.45) is 5.92 Å². The van der Waals surface area contributed by atoms with Crippen LogP contribution in [0.15, 0.2) is 83.8 Å². The fraction of sp³-hybridized carbons (Fsp3) is 0.259. The second-order valence-corrected chi connectivity index (χ2v) is 10.7. The molecule has 4 rings (SSSR count). The molecule has 1 aliphatic carbocycles. The van der Waals surface area contributed by atoms with Gasteiger partial charge >= 0.3 is 0 Å². The lowest BCUT2D eigenvalue weighted by molar-refractivity contribution is -0.118. The lowest BCUT2D eigenvalue weighted by atomic mass is 10.0. The van der Waals surface area contributed by atoms with Crippen LogP contribution < -0.4 is 15.4 Å². The Morgan fingerprint density at radius 3 is 2.19 bits per heavy atom. The standard InChI is InChI=1S/C27H28FN3O4S/c1-18(20-7-8-20)31-36(34,35)24-15-13-23(14-16-24)29-27(33)25(17-19-5-3-2-4-6-19)30-26(32)21-9-11-22(28)12-10-21/h2-6,9-16,18,20,25,31H,7-8,17H2,1H3,(H,29,33)(H,30,32)/t18-,25-/m0/s1. The number of amides is 2. The van der Waals surface area contributed by atoms with Crippen molar-refractivity contribution in [3.8, 4) is 0 Å². The number of hydrogen-bond donors (Lipinski definition) is 3. The van der Waals surface area contributed by atoms with E-state index in [1.165, 1.54) is 48.5 Å². The van der Waals surface area contributed by atoms with E-state index in [2.05, 4.69) is 15.4 Å². The molecule has 0 unspecified atom stereocenters. The number of carbonyl (C=O) groups excluding carboxylic acids is 2. The molecule has 3 N–H and O–H groups in total. The van der Waals surface area contributed by atoms with Gasteiger partial charge in [0.1, 0.15) is 11.9 Å². The van der Waals surface area contributed by atoms with Gasteiger partial charge in [0.05, 0.1) is 4.90 Å². The first-order chi connectivity index (χ1) is 17.2. The van der Waals surface area contributed by atoms with Crippen LogP contribution in [0.4, 0.5) is 10.1 Å². The maximum absolute atomic E-state index is 13.2. The van der Waals surface area contributed by atoms with Gasteiger partial charge in [-0.05, 0) is 79.8 Å². The molecule has 1 saturated carbocycles. The highest BCUT2D eigenvalue weighted by Gasteiger charge is 2.31. The van der Waals surface area contributed by atoms with Gasteiger partial charge in [-0.1, -0.05) is 30.3 Å². The molecule has 3 aromatic rings. The van der Waals surface area contributed by atoms with Crippen LogP contribution in [0, 0.1) is 11.7 Å². The summed E-state index contributed by atoms with van der Waals surface area (Å²) in [5, 5.41) is 5.46. The van der Waals surface area contributed by atoms with Gasteiger partial charge in [-0.3, -0.25) is 9.59 Å². The molecule has 1 fully saturated rings. The molecule has 7 nitrogen and oxygen atoms in total. The molecule has 2 amide bonds. The van der Waals surface area contributed by atoms with Crippen LogP contribution in [0.1, 0.15) is 35.7 Å². The monoisotopic (exact) mass is 509 g/mol. The molecule has 0 spiro atoms. The summed E-state index contributed by atoms with van der Waals surface area (Å²) >= 11 is 0. The van der Waals surface area contributed by atoms with E-state index in [4.69, 9.17) is 0 Å². The van der Waals surface area contributed by atoms with Gasteiger partial charge in [0.15, 0.2) is 0 Å². The summed E-state index contributed by atoms with van der Waals surface area (Å²) in [4.78, 5) is 26.0. The van der Waals surface area contributed by atoms with E-state index >= 15 is 0 Å². The van der Waals surface area contributed by atoms with Crippen molar-refractivity contribution >= 4 is 27.5 Å². The smallest absolute Gasteiger partial charge is 0.251 e. The Balaban J connectivity index is 1.46. The lowest BCUT2D eigenvalue weighted by Crippen LogP contribution is -2.45. The van der Waals surface area contributed by atoms with Crippen LogP contribution in [-0.2, 0) is 21.2 Å². The average molecular weight is 510 g/mol. The van der Waals surface area contributed by atoms with Gasteiger partial charge < -0.3 is 10.6 Å². The van der Waals surface area contributed by atoms with E-state index in [1.54, 1.807) is 0 Å². The normalized spacial score (nSPS) is 15.1. The minimum Gasteiger partial charge on any atom is -0.340 e. The Morgan fingerprint density at radius 2 is 1.58 bits per heavy atom. The predicted molar refractivity (Wildman–Crippen MR) is 135 cm³/mol. The molecule has 3 aromatic carbocycles. The number of sulfonamides is 1. The Kier molecular flexibility index (Phi) is 7.81. The van der Waals surface area contributed by atoms with Crippen LogP contribution in [0.3, 0.4) is 0 Å².